The lowest BCUT2D eigenvalue weighted by atomic mass is 10.0. The van der Waals surface area contributed by atoms with Crippen molar-refractivity contribution in [2.45, 2.75) is 341 Å². The second-order valence-electron chi connectivity index (χ2n) is 21.0. The first-order valence-electron chi connectivity index (χ1n) is 31.0. The molecule has 1 unspecified atom stereocenters. The van der Waals surface area contributed by atoms with Crippen LogP contribution in [0.25, 0.3) is 0 Å². The highest BCUT2D eigenvalue weighted by atomic mass is 16.6. The van der Waals surface area contributed by atoms with Crippen LogP contribution in [-0.2, 0) is 28.6 Å². The van der Waals surface area contributed by atoms with Crippen molar-refractivity contribution >= 4 is 17.9 Å². The molecule has 6 heteroatoms. The van der Waals surface area contributed by atoms with Gasteiger partial charge < -0.3 is 14.2 Å². The molecule has 0 spiro atoms. The molecule has 0 saturated heterocycles. The quantitative estimate of drug-likeness (QED) is 0.0261. The lowest BCUT2D eigenvalue weighted by Crippen LogP contribution is -2.30. The second kappa shape index (κ2) is 59.2. The number of rotatable bonds is 57. The third-order valence-electron chi connectivity index (χ3n) is 13.8. The van der Waals surface area contributed by atoms with E-state index >= 15 is 0 Å². The summed E-state index contributed by atoms with van der Waals surface area (Å²) in [4.78, 5) is 38.1. The summed E-state index contributed by atoms with van der Waals surface area (Å²) >= 11 is 0. The van der Waals surface area contributed by atoms with Gasteiger partial charge in [-0.3, -0.25) is 14.4 Å². The zero-order valence-electron chi connectivity index (χ0n) is 47.1. The minimum Gasteiger partial charge on any atom is -0.462 e. The van der Waals surface area contributed by atoms with Gasteiger partial charge in [-0.1, -0.05) is 282 Å². The first-order chi connectivity index (χ1) is 34.5. The molecule has 0 aromatic carbocycles. The molecule has 0 amide bonds. The van der Waals surface area contributed by atoms with Gasteiger partial charge in [0.25, 0.3) is 0 Å². The number of carbonyl (C=O) groups is 3. The molecule has 70 heavy (non-hydrogen) atoms. The van der Waals surface area contributed by atoms with E-state index in [1.54, 1.807) is 0 Å². The van der Waals surface area contributed by atoms with E-state index in [2.05, 4.69) is 57.2 Å². The summed E-state index contributed by atoms with van der Waals surface area (Å²) in [5.74, 6) is -0.875. The number of esters is 3. The van der Waals surface area contributed by atoms with Crippen LogP contribution in [0.1, 0.15) is 335 Å². The molecular formula is C64H118O6. The van der Waals surface area contributed by atoms with Crippen molar-refractivity contribution in [3.8, 4) is 0 Å². The molecular weight excluding hydrogens is 865 g/mol. The first kappa shape index (κ1) is 67.6. The van der Waals surface area contributed by atoms with Gasteiger partial charge in [-0.05, 0) is 70.6 Å². The number of allylic oxidation sites excluding steroid dienone is 6. The number of ether oxygens (including phenoxy) is 3. The van der Waals surface area contributed by atoms with Crippen molar-refractivity contribution in [2.24, 2.45) is 0 Å². The predicted octanol–water partition coefficient (Wildman–Crippen LogP) is 20.8. The maximum atomic E-state index is 12.9. The highest BCUT2D eigenvalue weighted by Gasteiger charge is 2.19. The normalized spacial score (nSPS) is 12.2. The third kappa shape index (κ3) is 56.5. The standard InChI is InChI=1S/C64H118O6/c1-4-7-10-13-16-19-22-24-26-28-30-31-32-33-34-35-37-38-40-42-45-48-51-54-57-63(66)69-60-61(59-68-62(65)56-53-50-47-44-21-18-15-12-9-6-3)70-64(67)58-55-52-49-46-43-41-39-36-29-27-25-23-20-17-14-11-8-5-2/h12,15,20,23,27,29,61H,4-11,13-14,16-19,21-22,24-26,28,30-60H2,1-3H3/b15-12-,23-20-,29-27-. The van der Waals surface area contributed by atoms with Crippen molar-refractivity contribution in [3.63, 3.8) is 0 Å². The fraction of sp³-hybridized carbons (Fsp3) is 0.859. The number of hydrogen-bond acceptors (Lipinski definition) is 6. The van der Waals surface area contributed by atoms with Crippen LogP contribution in [-0.4, -0.2) is 37.2 Å². The smallest absolute Gasteiger partial charge is 0.306 e. The van der Waals surface area contributed by atoms with Crippen LogP contribution in [0.5, 0.6) is 0 Å². The fourth-order valence-electron chi connectivity index (χ4n) is 9.18. The summed E-state index contributed by atoms with van der Waals surface area (Å²) in [5.41, 5.74) is 0. The Morgan fingerprint density at radius 2 is 0.543 bits per heavy atom. The summed E-state index contributed by atoms with van der Waals surface area (Å²) in [5, 5.41) is 0. The fourth-order valence-corrected chi connectivity index (χ4v) is 9.18. The van der Waals surface area contributed by atoms with Gasteiger partial charge in [-0.15, -0.1) is 0 Å². The maximum Gasteiger partial charge on any atom is 0.306 e. The summed E-state index contributed by atoms with van der Waals surface area (Å²) in [6, 6.07) is 0. The largest absolute Gasteiger partial charge is 0.462 e. The molecule has 410 valence electrons. The Morgan fingerprint density at radius 1 is 0.286 bits per heavy atom. The van der Waals surface area contributed by atoms with Gasteiger partial charge in [-0.2, -0.15) is 0 Å². The Kier molecular flexibility index (Phi) is 57.2. The van der Waals surface area contributed by atoms with Crippen LogP contribution in [0.2, 0.25) is 0 Å². The molecule has 0 saturated carbocycles. The van der Waals surface area contributed by atoms with E-state index in [1.165, 1.54) is 212 Å². The monoisotopic (exact) mass is 983 g/mol. The van der Waals surface area contributed by atoms with Crippen molar-refractivity contribution < 1.29 is 28.6 Å². The van der Waals surface area contributed by atoms with Gasteiger partial charge in [0.15, 0.2) is 6.10 Å². The zero-order valence-corrected chi connectivity index (χ0v) is 47.1. The SMILES string of the molecule is CCC/C=C\CCCCCCCC(=O)OCC(COC(=O)CCCCCCCCCCCCCCCCCCCCCCCCCC)OC(=O)CCCCCCCCC/C=C\C/C=C\CCCCCC. The molecule has 0 rings (SSSR count). The Hall–Kier alpha value is -2.37. The van der Waals surface area contributed by atoms with Gasteiger partial charge >= 0.3 is 17.9 Å². The lowest BCUT2D eigenvalue weighted by molar-refractivity contribution is -0.167. The highest BCUT2D eigenvalue weighted by Crippen LogP contribution is 2.17. The van der Waals surface area contributed by atoms with E-state index in [0.717, 1.165) is 83.5 Å². The van der Waals surface area contributed by atoms with Gasteiger partial charge in [0.1, 0.15) is 13.2 Å². The van der Waals surface area contributed by atoms with E-state index in [1.807, 2.05) is 0 Å². The average Bonchev–Trinajstić information content (AvgIpc) is 3.36. The summed E-state index contributed by atoms with van der Waals surface area (Å²) in [7, 11) is 0. The van der Waals surface area contributed by atoms with Crippen molar-refractivity contribution in [1.82, 2.24) is 0 Å². The Labute approximate surface area is 435 Å². The molecule has 0 N–H and O–H groups in total. The topological polar surface area (TPSA) is 78.9 Å². The van der Waals surface area contributed by atoms with Crippen molar-refractivity contribution in [1.29, 1.82) is 0 Å². The summed E-state index contributed by atoms with van der Waals surface area (Å²) in [6.07, 6.45) is 71.6. The van der Waals surface area contributed by atoms with Gasteiger partial charge in [-0.25, -0.2) is 0 Å². The molecule has 0 bridgehead atoms. The van der Waals surface area contributed by atoms with Crippen LogP contribution < -0.4 is 0 Å². The Balaban J connectivity index is 4.20. The van der Waals surface area contributed by atoms with E-state index < -0.39 is 6.10 Å². The molecule has 1 atom stereocenters. The second-order valence-corrected chi connectivity index (χ2v) is 21.0. The average molecular weight is 984 g/mol. The molecule has 0 aliphatic rings. The minimum atomic E-state index is -0.777. The van der Waals surface area contributed by atoms with E-state index in [-0.39, 0.29) is 31.1 Å². The lowest BCUT2D eigenvalue weighted by Gasteiger charge is -2.18. The summed E-state index contributed by atoms with van der Waals surface area (Å²) in [6.45, 7) is 6.60. The Morgan fingerprint density at radius 3 is 0.871 bits per heavy atom. The van der Waals surface area contributed by atoms with Gasteiger partial charge in [0, 0.05) is 19.3 Å². The Bertz CT molecular complexity index is 1170. The van der Waals surface area contributed by atoms with E-state index in [0.29, 0.717) is 19.3 Å². The van der Waals surface area contributed by atoms with Crippen molar-refractivity contribution in [2.75, 3.05) is 13.2 Å². The third-order valence-corrected chi connectivity index (χ3v) is 13.8. The first-order valence-corrected chi connectivity index (χ1v) is 31.0. The molecule has 0 aliphatic heterocycles. The molecule has 0 aromatic rings. The van der Waals surface area contributed by atoms with E-state index in [4.69, 9.17) is 14.2 Å². The van der Waals surface area contributed by atoms with Crippen LogP contribution in [0.3, 0.4) is 0 Å². The minimum absolute atomic E-state index is 0.0744. The number of hydrogen-bond donors (Lipinski definition) is 0. The van der Waals surface area contributed by atoms with Gasteiger partial charge in [0.05, 0.1) is 0 Å². The van der Waals surface area contributed by atoms with Crippen LogP contribution in [0.4, 0.5) is 0 Å². The van der Waals surface area contributed by atoms with E-state index in [9.17, 15) is 14.4 Å². The van der Waals surface area contributed by atoms with Gasteiger partial charge in [0.2, 0.25) is 0 Å². The molecule has 0 fully saturated rings. The molecule has 0 heterocycles. The number of carbonyl (C=O) groups excluding carboxylic acids is 3. The molecule has 6 nitrogen and oxygen atoms in total. The summed E-state index contributed by atoms with van der Waals surface area (Å²) < 4.78 is 16.9. The van der Waals surface area contributed by atoms with Crippen LogP contribution in [0, 0.1) is 0 Å². The van der Waals surface area contributed by atoms with Crippen LogP contribution in [0.15, 0.2) is 36.5 Å². The zero-order chi connectivity index (χ0) is 50.7. The maximum absolute atomic E-state index is 12.9. The predicted molar refractivity (Wildman–Crippen MR) is 302 cm³/mol. The molecule has 0 aliphatic carbocycles. The molecule has 0 radical (unpaired) electrons. The van der Waals surface area contributed by atoms with Crippen molar-refractivity contribution in [3.05, 3.63) is 36.5 Å². The number of unbranched alkanes of at least 4 members (excludes halogenated alkanes) is 40. The van der Waals surface area contributed by atoms with Crippen LogP contribution >= 0.6 is 0 Å². The highest BCUT2D eigenvalue weighted by molar-refractivity contribution is 5.71. The molecule has 0 aromatic heterocycles.